The maximum Gasteiger partial charge on any atom is 0.326 e. The first-order valence-electron chi connectivity index (χ1n) is 9.44. The summed E-state index contributed by atoms with van der Waals surface area (Å²) in [6.07, 6.45) is 1.07. The quantitative estimate of drug-likeness (QED) is 0.314. The van der Waals surface area contributed by atoms with Gasteiger partial charge in [0.1, 0.15) is 6.54 Å². The molecule has 1 aliphatic heterocycles. The second kappa shape index (κ2) is 9.48. The number of amides is 3. The number of benzene rings is 1. The number of carbonyl (C=O) groups is 4. The van der Waals surface area contributed by atoms with Crippen molar-refractivity contribution in [3.63, 3.8) is 0 Å². The van der Waals surface area contributed by atoms with Gasteiger partial charge in [-0.3, -0.25) is 24.1 Å². The van der Waals surface area contributed by atoms with Crippen LogP contribution < -0.4 is 5.32 Å². The van der Waals surface area contributed by atoms with Gasteiger partial charge >= 0.3 is 5.97 Å². The van der Waals surface area contributed by atoms with Crippen molar-refractivity contribution in [2.24, 2.45) is 11.8 Å². The number of esters is 1. The van der Waals surface area contributed by atoms with Crippen LogP contribution in [0.15, 0.2) is 16.6 Å². The lowest BCUT2D eigenvalue weighted by molar-refractivity contribution is -0.154. The Hall–Kier alpha value is -1.26. The zero-order valence-corrected chi connectivity index (χ0v) is 21.2. The SMILES string of the molecule is Cc1cc(NC(=O)COC(=O)CN2C(=O)[C@@H]3C[C@H](Br)[C@@H](Br)C[C@H]3C2=O)cc(C)c1Br. The van der Waals surface area contributed by atoms with Gasteiger partial charge in [0.25, 0.3) is 5.91 Å². The van der Waals surface area contributed by atoms with Crippen molar-refractivity contribution in [1.82, 2.24) is 4.90 Å². The summed E-state index contributed by atoms with van der Waals surface area (Å²) < 4.78 is 5.95. The van der Waals surface area contributed by atoms with Gasteiger partial charge in [-0.05, 0) is 49.9 Å². The largest absolute Gasteiger partial charge is 0.454 e. The number of ether oxygens (including phenoxy) is 1. The Bertz CT molecular complexity index is 855. The average Bonchev–Trinajstić information content (AvgIpc) is 2.89. The summed E-state index contributed by atoms with van der Waals surface area (Å²) >= 11 is 10.5. The summed E-state index contributed by atoms with van der Waals surface area (Å²) in [5, 5.41) is 2.67. The van der Waals surface area contributed by atoms with Crippen molar-refractivity contribution in [2.45, 2.75) is 36.3 Å². The van der Waals surface area contributed by atoms with E-state index < -0.39 is 36.9 Å². The van der Waals surface area contributed by atoms with Gasteiger partial charge in [0, 0.05) is 19.8 Å². The van der Waals surface area contributed by atoms with Crippen molar-refractivity contribution < 1.29 is 23.9 Å². The van der Waals surface area contributed by atoms with Gasteiger partial charge in [-0.15, -0.1) is 0 Å². The molecule has 10 heteroatoms. The van der Waals surface area contributed by atoms with Gasteiger partial charge in [-0.1, -0.05) is 47.8 Å². The number of imide groups is 1. The molecule has 3 amide bonds. The Morgan fingerprint density at radius 2 is 1.57 bits per heavy atom. The first-order chi connectivity index (χ1) is 14.1. The Morgan fingerprint density at radius 1 is 1.07 bits per heavy atom. The highest BCUT2D eigenvalue weighted by atomic mass is 79.9. The molecule has 4 atom stereocenters. The summed E-state index contributed by atoms with van der Waals surface area (Å²) in [5.41, 5.74) is 2.52. The number of hydrogen-bond acceptors (Lipinski definition) is 5. The van der Waals surface area contributed by atoms with Gasteiger partial charge in [-0.2, -0.15) is 0 Å². The summed E-state index contributed by atoms with van der Waals surface area (Å²) in [7, 11) is 0. The Balaban J connectivity index is 1.53. The Kier molecular flexibility index (Phi) is 7.40. The van der Waals surface area contributed by atoms with Crippen LogP contribution in [0.3, 0.4) is 0 Å². The van der Waals surface area contributed by atoms with Crippen LogP contribution in [0.25, 0.3) is 0 Å². The zero-order chi connectivity index (χ0) is 22.2. The van der Waals surface area contributed by atoms with E-state index in [0.717, 1.165) is 20.5 Å². The third-order valence-electron chi connectivity index (χ3n) is 5.37. The molecule has 1 aromatic rings. The lowest BCUT2D eigenvalue weighted by atomic mass is 9.81. The number of rotatable bonds is 5. The van der Waals surface area contributed by atoms with Gasteiger partial charge in [0.05, 0.1) is 11.8 Å². The van der Waals surface area contributed by atoms with Crippen LogP contribution in [0.4, 0.5) is 5.69 Å². The number of nitrogens with zero attached hydrogens (tertiary/aromatic N) is 1. The van der Waals surface area contributed by atoms with E-state index in [1.54, 1.807) is 12.1 Å². The fourth-order valence-electron chi connectivity index (χ4n) is 3.86. The molecule has 162 valence electrons. The number of hydrogen-bond donors (Lipinski definition) is 1. The van der Waals surface area contributed by atoms with Crippen LogP contribution in [0, 0.1) is 25.7 Å². The molecule has 7 nitrogen and oxygen atoms in total. The Morgan fingerprint density at radius 3 is 2.07 bits per heavy atom. The van der Waals surface area contributed by atoms with Crippen molar-refractivity contribution >= 4 is 77.2 Å². The number of aryl methyl sites for hydroxylation is 2. The number of anilines is 1. The molecule has 1 aliphatic carbocycles. The van der Waals surface area contributed by atoms with Crippen molar-refractivity contribution in [2.75, 3.05) is 18.5 Å². The molecule has 1 saturated carbocycles. The van der Waals surface area contributed by atoms with E-state index in [2.05, 4.69) is 53.1 Å². The van der Waals surface area contributed by atoms with Crippen LogP contribution in [0.5, 0.6) is 0 Å². The van der Waals surface area contributed by atoms with Crippen LogP contribution in [0.2, 0.25) is 0 Å². The van der Waals surface area contributed by atoms with E-state index in [4.69, 9.17) is 4.74 Å². The fraction of sp³-hybridized carbons (Fsp3) is 0.500. The number of fused-ring (bicyclic) bond motifs is 1. The minimum absolute atomic E-state index is 0.0944. The third-order valence-corrected chi connectivity index (χ3v) is 9.36. The van der Waals surface area contributed by atoms with E-state index in [9.17, 15) is 19.2 Å². The van der Waals surface area contributed by atoms with Crippen LogP contribution >= 0.6 is 47.8 Å². The molecule has 2 fully saturated rings. The molecule has 0 radical (unpaired) electrons. The van der Waals surface area contributed by atoms with Crippen molar-refractivity contribution in [3.05, 3.63) is 27.7 Å². The number of alkyl halides is 2. The average molecular weight is 609 g/mol. The molecule has 0 spiro atoms. The topological polar surface area (TPSA) is 92.8 Å². The van der Waals surface area contributed by atoms with Crippen LogP contribution in [-0.2, 0) is 23.9 Å². The monoisotopic (exact) mass is 606 g/mol. The molecule has 1 saturated heterocycles. The van der Waals surface area contributed by atoms with Gasteiger partial charge < -0.3 is 10.1 Å². The minimum Gasteiger partial charge on any atom is -0.454 e. The third kappa shape index (κ3) is 4.96. The standard InChI is InChI=1S/C20H21Br3N2O5/c1-9-3-11(4-10(2)18(9)23)24-16(26)8-30-17(27)7-25-19(28)12-5-14(21)15(22)6-13(12)20(25)29/h3-4,12-15H,5-8H2,1-2H3,(H,24,26)/t12-,13-,14+,15+/m1/s1. The highest BCUT2D eigenvalue weighted by Gasteiger charge is 2.52. The van der Waals surface area contributed by atoms with E-state index in [0.29, 0.717) is 18.5 Å². The molecule has 2 aliphatic rings. The number of likely N-dealkylation sites (tertiary alicyclic amines) is 1. The maximum absolute atomic E-state index is 12.6. The van der Waals surface area contributed by atoms with Crippen molar-refractivity contribution in [3.8, 4) is 0 Å². The predicted molar refractivity (Wildman–Crippen MR) is 122 cm³/mol. The molecule has 1 aromatic carbocycles. The Labute approximate surface area is 199 Å². The molecule has 0 aromatic heterocycles. The van der Waals surface area contributed by atoms with Crippen LogP contribution in [0.1, 0.15) is 24.0 Å². The van der Waals surface area contributed by atoms with Gasteiger partial charge in [-0.25, -0.2) is 0 Å². The van der Waals surface area contributed by atoms with E-state index in [1.165, 1.54) is 0 Å². The number of nitrogens with one attached hydrogen (secondary N) is 1. The number of carbonyl (C=O) groups excluding carboxylic acids is 4. The molecule has 1 N–H and O–H groups in total. The van der Waals surface area contributed by atoms with E-state index in [-0.39, 0.29) is 21.5 Å². The van der Waals surface area contributed by atoms with E-state index >= 15 is 0 Å². The molecular weight excluding hydrogens is 588 g/mol. The van der Waals surface area contributed by atoms with Crippen molar-refractivity contribution in [1.29, 1.82) is 0 Å². The molecular formula is C20H21Br3N2O5. The fourth-order valence-corrected chi connectivity index (χ4v) is 5.32. The second-order valence-electron chi connectivity index (χ2n) is 7.61. The first-order valence-corrected chi connectivity index (χ1v) is 12.1. The highest BCUT2D eigenvalue weighted by Crippen LogP contribution is 2.43. The molecule has 1 heterocycles. The smallest absolute Gasteiger partial charge is 0.326 e. The number of halogens is 3. The zero-order valence-electron chi connectivity index (χ0n) is 16.4. The maximum atomic E-state index is 12.6. The summed E-state index contributed by atoms with van der Waals surface area (Å²) in [6, 6.07) is 3.60. The normalized spacial score (nSPS) is 25.8. The lowest BCUT2D eigenvalue weighted by Gasteiger charge is -2.29. The second-order valence-corrected chi connectivity index (χ2v) is 10.8. The molecule has 0 unspecified atom stereocenters. The summed E-state index contributed by atoms with van der Waals surface area (Å²) in [4.78, 5) is 50.6. The van der Waals surface area contributed by atoms with E-state index in [1.807, 2.05) is 13.8 Å². The molecule has 3 rings (SSSR count). The van der Waals surface area contributed by atoms with Gasteiger partial charge in [0.2, 0.25) is 11.8 Å². The highest BCUT2D eigenvalue weighted by molar-refractivity contribution is 9.12. The molecule has 30 heavy (non-hydrogen) atoms. The minimum atomic E-state index is -0.792. The lowest BCUT2D eigenvalue weighted by Crippen LogP contribution is -2.37. The first kappa shape index (κ1) is 23.4. The van der Waals surface area contributed by atoms with Crippen LogP contribution in [-0.4, -0.2) is 51.4 Å². The molecule has 0 bridgehead atoms. The summed E-state index contributed by atoms with van der Waals surface area (Å²) in [5.74, 6) is -2.83. The predicted octanol–water partition coefficient (Wildman–Crippen LogP) is 3.47. The summed E-state index contributed by atoms with van der Waals surface area (Å²) in [6.45, 7) is 2.84. The van der Waals surface area contributed by atoms with Gasteiger partial charge in [0.15, 0.2) is 6.61 Å².